The van der Waals surface area contributed by atoms with Gasteiger partial charge in [-0.25, -0.2) is 4.57 Å². The largest absolute Gasteiger partial charge is 0.330 e. The molecule has 0 spiro atoms. The normalized spacial score (nSPS) is 11.0. The molecule has 0 saturated heterocycles. The molecule has 3 rings (SSSR count). The first-order valence-corrected chi connectivity index (χ1v) is 8.36. The summed E-state index contributed by atoms with van der Waals surface area (Å²) in [4.78, 5) is 28.3. The smallest absolute Gasteiger partial charge is 0.269 e. The minimum atomic E-state index is -0.553. The van der Waals surface area contributed by atoms with Crippen LogP contribution in [-0.2, 0) is 6.42 Å². The molecule has 1 N–H and O–H groups in total. The van der Waals surface area contributed by atoms with Gasteiger partial charge in [-0.15, -0.1) is 0 Å². The number of halogens is 2. The molecular weight excluding hydrogens is 367 g/mol. The van der Waals surface area contributed by atoms with Gasteiger partial charge in [0.25, 0.3) is 11.5 Å². The van der Waals surface area contributed by atoms with Crippen molar-refractivity contribution in [2.45, 2.75) is 13.3 Å². The summed E-state index contributed by atoms with van der Waals surface area (Å²) in [6.45, 7) is 2.02. The summed E-state index contributed by atoms with van der Waals surface area (Å²) in [5.41, 5.74) is 1.28. The van der Waals surface area contributed by atoms with Crippen molar-refractivity contribution in [3.63, 3.8) is 0 Å². The van der Waals surface area contributed by atoms with Crippen LogP contribution >= 0.6 is 35.4 Å². The van der Waals surface area contributed by atoms with Crippen LogP contribution in [-0.4, -0.2) is 15.5 Å². The number of benzene rings is 2. The molecule has 0 fully saturated rings. The molecular formula is C17H12Cl2N2O2S. The van der Waals surface area contributed by atoms with Crippen LogP contribution in [0.3, 0.4) is 0 Å². The molecule has 1 heterocycles. The van der Waals surface area contributed by atoms with Gasteiger partial charge in [-0.1, -0.05) is 42.3 Å². The zero-order valence-electron chi connectivity index (χ0n) is 12.6. The molecule has 0 saturated carbocycles. The van der Waals surface area contributed by atoms with Crippen molar-refractivity contribution in [2.24, 2.45) is 0 Å². The van der Waals surface area contributed by atoms with Crippen LogP contribution in [0.15, 0.2) is 41.2 Å². The average molecular weight is 379 g/mol. The fourth-order valence-corrected chi connectivity index (χ4v) is 3.25. The van der Waals surface area contributed by atoms with E-state index in [4.69, 9.17) is 35.4 Å². The van der Waals surface area contributed by atoms with E-state index in [-0.39, 0.29) is 15.2 Å². The minimum absolute atomic E-state index is 0.0127. The standard InChI is InChI=1S/C17H12Cl2N2O2S/c1-2-9-3-5-10(6-4-9)15(22)21-16(23)12-7-11(18)8-13(19)14(12)20-17(21)24/h3-8H,2H2,1H3,(H,20,24). The summed E-state index contributed by atoms with van der Waals surface area (Å²) in [6, 6.07) is 10.0. The third kappa shape index (κ3) is 2.90. The molecule has 1 aromatic heterocycles. The Morgan fingerprint density at radius 1 is 1.21 bits per heavy atom. The van der Waals surface area contributed by atoms with Crippen molar-refractivity contribution in [3.05, 3.63) is 72.7 Å². The third-order valence-electron chi connectivity index (χ3n) is 3.74. The molecule has 0 radical (unpaired) electrons. The Morgan fingerprint density at radius 2 is 1.88 bits per heavy atom. The Balaban J connectivity index is 2.24. The van der Waals surface area contributed by atoms with Gasteiger partial charge in [-0.3, -0.25) is 9.59 Å². The Hall–Kier alpha value is -1.95. The summed E-state index contributed by atoms with van der Waals surface area (Å²) < 4.78 is 0.909. The van der Waals surface area contributed by atoms with Crippen molar-refractivity contribution in [1.29, 1.82) is 0 Å². The molecule has 24 heavy (non-hydrogen) atoms. The summed E-state index contributed by atoms with van der Waals surface area (Å²) >= 11 is 17.2. The van der Waals surface area contributed by atoms with Gasteiger partial charge < -0.3 is 4.98 Å². The van der Waals surface area contributed by atoms with Gasteiger partial charge in [0.1, 0.15) is 0 Å². The van der Waals surface area contributed by atoms with Crippen LogP contribution in [0.4, 0.5) is 0 Å². The van der Waals surface area contributed by atoms with Gasteiger partial charge in [0.05, 0.1) is 15.9 Å². The number of nitrogens with one attached hydrogen (secondary N) is 1. The number of nitrogens with zero attached hydrogens (tertiary/aromatic N) is 1. The van der Waals surface area contributed by atoms with E-state index in [1.165, 1.54) is 12.1 Å². The monoisotopic (exact) mass is 378 g/mol. The summed E-state index contributed by atoms with van der Waals surface area (Å²) in [5.74, 6) is -0.498. The number of hydrogen-bond acceptors (Lipinski definition) is 3. The molecule has 122 valence electrons. The zero-order valence-corrected chi connectivity index (χ0v) is 14.9. The van der Waals surface area contributed by atoms with Crippen molar-refractivity contribution in [3.8, 4) is 0 Å². The lowest BCUT2D eigenvalue weighted by Gasteiger charge is -2.09. The van der Waals surface area contributed by atoms with E-state index >= 15 is 0 Å². The number of H-pyrrole nitrogens is 1. The van der Waals surface area contributed by atoms with E-state index in [1.54, 1.807) is 12.1 Å². The van der Waals surface area contributed by atoms with Crippen molar-refractivity contribution >= 4 is 52.2 Å². The Morgan fingerprint density at radius 3 is 2.50 bits per heavy atom. The van der Waals surface area contributed by atoms with Crippen molar-refractivity contribution < 1.29 is 4.79 Å². The lowest BCUT2D eigenvalue weighted by Crippen LogP contribution is -2.29. The number of hydrogen-bond donors (Lipinski definition) is 1. The predicted octanol–water partition coefficient (Wildman–Crippen LogP) is 4.62. The zero-order chi connectivity index (χ0) is 17.4. The van der Waals surface area contributed by atoms with Gasteiger partial charge in [0, 0.05) is 10.6 Å². The molecule has 2 aromatic carbocycles. The predicted molar refractivity (Wildman–Crippen MR) is 99.0 cm³/mol. The van der Waals surface area contributed by atoms with Gasteiger partial charge >= 0.3 is 0 Å². The number of rotatable bonds is 2. The molecule has 0 amide bonds. The number of carbonyl (C=O) groups is 1. The van der Waals surface area contributed by atoms with Crippen LogP contribution in [0.2, 0.25) is 10.0 Å². The average Bonchev–Trinajstić information content (AvgIpc) is 2.56. The first kappa shape index (κ1) is 16.9. The van der Waals surface area contributed by atoms with E-state index in [9.17, 15) is 9.59 Å². The molecule has 0 bridgehead atoms. The highest BCUT2D eigenvalue weighted by Gasteiger charge is 2.16. The summed E-state index contributed by atoms with van der Waals surface area (Å²) in [5, 5.41) is 0.786. The second-order valence-corrected chi connectivity index (χ2v) is 6.47. The first-order chi connectivity index (χ1) is 11.4. The number of aromatic nitrogens is 2. The maximum atomic E-state index is 12.7. The van der Waals surface area contributed by atoms with Crippen LogP contribution in [0.25, 0.3) is 10.9 Å². The number of aromatic amines is 1. The first-order valence-electron chi connectivity index (χ1n) is 7.20. The molecule has 3 aromatic rings. The van der Waals surface area contributed by atoms with E-state index in [0.717, 1.165) is 16.6 Å². The third-order valence-corrected chi connectivity index (χ3v) is 4.54. The lowest BCUT2D eigenvalue weighted by molar-refractivity contribution is 0.0953. The van der Waals surface area contributed by atoms with E-state index in [2.05, 4.69) is 4.98 Å². The van der Waals surface area contributed by atoms with Crippen LogP contribution in [0, 0.1) is 4.77 Å². The highest BCUT2D eigenvalue weighted by Crippen LogP contribution is 2.24. The van der Waals surface area contributed by atoms with Crippen LogP contribution in [0.1, 0.15) is 22.8 Å². The quantitative estimate of drug-likeness (QED) is 0.662. The van der Waals surface area contributed by atoms with E-state index in [1.807, 2.05) is 19.1 Å². The Kier molecular flexibility index (Phi) is 4.58. The minimum Gasteiger partial charge on any atom is -0.330 e. The SMILES string of the molecule is CCc1ccc(C(=O)n2c(=S)[nH]c3c(Cl)cc(Cl)cc3c2=O)cc1. The van der Waals surface area contributed by atoms with Crippen molar-refractivity contribution in [2.75, 3.05) is 0 Å². The van der Waals surface area contributed by atoms with Crippen LogP contribution in [0.5, 0.6) is 0 Å². The molecule has 0 unspecified atom stereocenters. The van der Waals surface area contributed by atoms with E-state index < -0.39 is 11.5 Å². The van der Waals surface area contributed by atoms with Crippen LogP contribution < -0.4 is 5.56 Å². The number of fused-ring (bicyclic) bond motifs is 1. The highest BCUT2D eigenvalue weighted by molar-refractivity contribution is 7.71. The topological polar surface area (TPSA) is 54.9 Å². The maximum absolute atomic E-state index is 12.7. The molecule has 4 nitrogen and oxygen atoms in total. The molecule has 7 heteroatoms. The Labute approximate surface area is 152 Å². The molecule has 0 aliphatic heterocycles. The Bertz CT molecular complexity index is 1070. The second kappa shape index (κ2) is 6.51. The molecule has 0 atom stereocenters. The van der Waals surface area contributed by atoms with Crippen molar-refractivity contribution in [1.82, 2.24) is 9.55 Å². The second-order valence-electron chi connectivity index (χ2n) is 5.24. The fraction of sp³-hybridized carbons (Fsp3) is 0.118. The lowest BCUT2D eigenvalue weighted by atomic mass is 10.1. The van der Waals surface area contributed by atoms with Gasteiger partial charge in [-0.05, 0) is 48.5 Å². The maximum Gasteiger partial charge on any atom is 0.269 e. The van der Waals surface area contributed by atoms with Gasteiger partial charge in [0.2, 0.25) is 0 Å². The highest BCUT2D eigenvalue weighted by atomic mass is 35.5. The number of carbonyl (C=O) groups excluding carboxylic acids is 1. The molecule has 0 aliphatic carbocycles. The fourth-order valence-electron chi connectivity index (χ4n) is 2.44. The summed E-state index contributed by atoms with van der Waals surface area (Å²) in [7, 11) is 0. The van der Waals surface area contributed by atoms with E-state index in [0.29, 0.717) is 16.1 Å². The molecule has 0 aliphatic rings. The van der Waals surface area contributed by atoms with Gasteiger partial charge in [-0.2, -0.15) is 0 Å². The van der Waals surface area contributed by atoms with Gasteiger partial charge in [0.15, 0.2) is 4.77 Å². The summed E-state index contributed by atoms with van der Waals surface area (Å²) in [6.07, 6.45) is 0.863. The number of aryl methyl sites for hydroxylation is 1.